The van der Waals surface area contributed by atoms with Gasteiger partial charge in [0.1, 0.15) is 11.3 Å². The van der Waals surface area contributed by atoms with Crippen molar-refractivity contribution in [3.8, 4) is 0 Å². The van der Waals surface area contributed by atoms with Crippen molar-refractivity contribution in [2.45, 2.75) is 38.8 Å². The molecule has 1 unspecified atom stereocenters. The molecule has 114 valence electrons. The van der Waals surface area contributed by atoms with Gasteiger partial charge in [-0.3, -0.25) is 4.68 Å². The summed E-state index contributed by atoms with van der Waals surface area (Å²) in [5.41, 5.74) is 5.01. The van der Waals surface area contributed by atoms with Gasteiger partial charge in [-0.05, 0) is 20.8 Å². The van der Waals surface area contributed by atoms with E-state index in [0.717, 1.165) is 0 Å². The third-order valence-electron chi connectivity index (χ3n) is 2.36. The number of halogens is 2. The summed E-state index contributed by atoms with van der Waals surface area (Å²) in [6.45, 7) is 5.16. The van der Waals surface area contributed by atoms with Gasteiger partial charge in [0.2, 0.25) is 0 Å². The van der Waals surface area contributed by atoms with Crippen LogP contribution in [-0.4, -0.2) is 28.0 Å². The van der Waals surface area contributed by atoms with E-state index in [1.165, 1.54) is 17.9 Å². The van der Waals surface area contributed by atoms with Gasteiger partial charge < -0.3 is 15.8 Å². The zero-order valence-corrected chi connectivity index (χ0v) is 12.0. The van der Waals surface area contributed by atoms with Crippen LogP contribution in [0.5, 0.6) is 0 Å². The molecule has 0 fully saturated rings. The van der Waals surface area contributed by atoms with Crippen LogP contribution in [0.15, 0.2) is 6.20 Å². The molecule has 0 aliphatic rings. The standard InChI is InChI=1S/C12H20F2N4O2/c1-12(2,3)20-11(19)16-5-8(15)7-6-18(4)17-9(7)10(13)14/h6,8,10H,5,15H2,1-4H3,(H,16,19). The third-order valence-corrected chi connectivity index (χ3v) is 2.36. The summed E-state index contributed by atoms with van der Waals surface area (Å²) in [4.78, 5) is 11.5. The first-order chi connectivity index (χ1) is 9.10. The molecule has 0 saturated heterocycles. The van der Waals surface area contributed by atoms with E-state index < -0.39 is 24.2 Å². The van der Waals surface area contributed by atoms with Gasteiger partial charge >= 0.3 is 6.09 Å². The fourth-order valence-corrected chi connectivity index (χ4v) is 1.60. The Balaban J connectivity index is 2.63. The molecule has 1 amide bonds. The fraction of sp³-hybridized carbons (Fsp3) is 0.667. The molecule has 0 aromatic carbocycles. The predicted octanol–water partition coefficient (Wildman–Crippen LogP) is 1.88. The number of nitrogens with one attached hydrogen (secondary N) is 1. The predicted molar refractivity (Wildman–Crippen MR) is 69.3 cm³/mol. The maximum absolute atomic E-state index is 12.8. The molecule has 3 N–H and O–H groups in total. The number of rotatable bonds is 4. The lowest BCUT2D eigenvalue weighted by atomic mass is 10.1. The summed E-state index contributed by atoms with van der Waals surface area (Å²) in [7, 11) is 1.53. The van der Waals surface area contributed by atoms with Gasteiger partial charge in [-0.15, -0.1) is 0 Å². The monoisotopic (exact) mass is 290 g/mol. The molecule has 0 saturated carbocycles. The van der Waals surface area contributed by atoms with Crippen LogP contribution in [-0.2, 0) is 11.8 Å². The van der Waals surface area contributed by atoms with Crippen molar-refractivity contribution in [2.75, 3.05) is 6.54 Å². The highest BCUT2D eigenvalue weighted by Gasteiger charge is 2.23. The summed E-state index contributed by atoms with van der Waals surface area (Å²) in [5.74, 6) is 0. The van der Waals surface area contributed by atoms with Crippen LogP contribution < -0.4 is 11.1 Å². The van der Waals surface area contributed by atoms with Gasteiger partial charge in [-0.1, -0.05) is 0 Å². The average Bonchev–Trinajstić information content (AvgIpc) is 2.66. The van der Waals surface area contributed by atoms with Gasteiger partial charge in [-0.25, -0.2) is 13.6 Å². The van der Waals surface area contributed by atoms with Gasteiger partial charge in [0.15, 0.2) is 0 Å². The van der Waals surface area contributed by atoms with Crippen molar-refractivity contribution in [3.05, 3.63) is 17.5 Å². The van der Waals surface area contributed by atoms with Gasteiger partial charge in [-0.2, -0.15) is 5.10 Å². The summed E-state index contributed by atoms with van der Waals surface area (Å²) >= 11 is 0. The molecule has 6 nitrogen and oxygen atoms in total. The number of nitrogens with zero attached hydrogens (tertiary/aromatic N) is 2. The lowest BCUT2D eigenvalue weighted by molar-refractivity contribution is 0.0524. The first-order valence-corrected chi connectivity index (χ1v) is 6.14. The first kappa shape index (κ1) is 16.4. The molecule has 0 aliphatic heterocycles. The average molecular weight is 290 g/mol. The Hall–Kier alpha value is -1.70. The highest BCUT2D eigenvalue weighted by molar-refractivity contribution is 5.67. The SMILES string of the molecule is Cn1cc(C(N)CNC(=O)OC(C)(C)C)c(C(F)F)n1. The molecule has 1 atom stereocenters. The number of hydrogen-bond acceptors (Lipinski definition) is 4. The minimum Gasteiger partial charge on any atom is -0.444 e. The van der Waals surface area contributed by atoms with E-state index in [1.807, 2.05) is 0 Å². The minimum absolute atomic E-state index is 0.0136. The highest BCUT2D eigenvalue weighted by atomic mass is 19.3. The molecule has 0 bridgehead atoms. The zero-order chi connectivity index (χ0) is 15.5. The molecule has 0 spiro atoms. The number of amides is 1. The summed E-state index contributed by atoms with van der Waals surface area (Å²) in [6, 6.07) is -0.778. The van der Waals surface area contributed by atoms with Crippen LogP contribution in [0.25, 0.3) is 0 Å². The second-order valence-corrected chi connectivity index (χ2v) is 5.43. The Kier molecular flexibility index (Phi) is 5.04. The Morgan fingerprint density at radius 2 is 2.15 bits per heavy atom. The first-order valence-electron chi connectivity index (χ1n) is 6.14. The Labute approximate surface area is 116 Å². The summed E-state index contributed by atoms with van der Waals surface area (Å²) in [6.07, 6.45) is -1.93. The molecule has 1 aromatic rings. The van der Waals surface area contributed by atoms with Crippen molar-refractivity contribution in [3.63, 3.8) is 0 Å². The van der Waals surface area contributed by atoms with E-state index in [-0.39, 0.29) is 17.8 Å². The number of alkyl halides is 2. The number of carbonyl (C=O) groups excluding carboxylic acids is 1. The largest absolute Gasteiger partial charge is 0.444 e. The maximum atomic E-state index is 12.8. The zero-order valence-electron chi connectivity index (χ0n) is 12.0. The Morgan fingerprint density at radius 3 is 2.65 bits per heavy atom. The molecule has 0 aliphatic carbocycles. The van der Waals surface area contributed by atoms with E-state index in [1.54, 1.807) is 20.8 Å². The Morgan fingerprint density at radius 1 is 1.55 bits per heavy atom. The van der Waals surface area contributed by atoms with Crippen molar-refractivity contribution in [2.24, 2.45) is 12.8 Å². The molecule has 1 rings (SSSR count). The van der Waals surface area contributed by atoms with Crippen LogP contribution in [0, 0.1) is 0 Å². The van der Waals surface area contributed by atoms with Crippen molar-refractivity contribution < 1.29 is 18.3 Å². The number of nitrogens with two attached hydrogens (primary N) is 1. The lowest BCUT2D eigenvalue weighted by Crippen LogP contribution is -2.36. The Bertz CT molecular complexity index is 469. The van der Waals surface area contributed by atoms with Crippen LogP contribution >= 0.6 is 0 Å². The van der Waals surface area contributed by atoms with E-state index in [2.05, 4.69) is 10.4 Å². The molecule has 8 heteroatoms. The number of hydrogen-bond donors (Lipinski definition) is 2. The highest BCUT2D eigenvalue weighted by Crippen LogP contribution is 2.24. The van der Waals surface area contributed by atoms with Gasteiger partial charge in [0.25, 0.3) is 6.43 Å². The van der Waals surface area contributed by atoms with Crippen LogP contribution in [0.2, 0.25) is 0 Å². The second-order valence-electron chi connectivity index (χ2n) is 5.43. The molecule has 0 radical (unpaired) electrons. The molecular formula is C12H20F2N4O2. The van der Waals surface area contributed by atoms with Gasteiger partial charge in [0, 0.05) is 25.4 Å². The quantitative estimate of drug-likeness (QED) is 0.887. The number of alkyl carbamates (subject to hydrolysis) is 1. The summed E-state index contributed by atoms with van der Waals surface area (Å²) in [5, 5.41) is 6.11. The number of ether oxygens (including phenoxy) is 1. The molecule has 1 aromatic heterocycles. The van der Waals surface area contributed by atoms with Crippen molar-refractivity contribution >= 4 is 6.09 Å². The van der Waals surface area contributed by atoms with Crippen molar-refractivity contribution in [1.82, 2.24) is 15.1 Å². The van der Waals surface area contributed by atoms with Gasteiger partial charge in [0.05, 0.1) is 6.04 Å². The number of carbonyl (C=O) groups is 1. The number of aromatic nitrogens is 2. The smallest absolute Gasteiger partial charge is 0.407 e. The molecule has 1 heterocycles. The van der Waals surface area contributed by atoms with E-state index in [4.69, 9.17) is 10.5 Å². The van der Waals surface area contributed by atoms with Crippen LogP contribution in [0.3, 0.4) is 0 Å². The minimum atomic E-state index is -2.71. The summed E-state index contributed by atoms with van der Waals surface area (Å²) < 4.78 is 31.9. The maximum Gasteiger partial charge on any atom is 0.407 e. The van der Waals surface area contributed by atoms with E-state index >= 15 is 0 Å². The lowest BCUT2D eigenvalue weighted by Gasteiger charge is -2.20. The van der Waals surface area contributed by atoms with E-state index in [9.17, 15) is 13.6 Å². The fourth-order valence-electron chi connectivity index (χ4n) is 1.60. The second kappa shape index (κ2) is 6.17. The van der Waals surface area contributed by atoms with Crippen molar-refractivity contribution in [1.29, 1.82) is 0 Å². The topological polar surface area (TPSA) is 82.2 Å². The molecule has 20 heavy (non-hydrogen) atoms. The third kappa shape index (κ3) is 4.76. The van der Waals surface area contributed by atoms with E-state index in [0.29, 0.717) is 0 Å². The normalized spacial score (nSPS) is 13.4. The van der Waals surface area contributed by atoms with Crippen LogP contribution in [0.1, 0.15) is 44.5 Å². The van der Waals surface area contributed by atoms with Crippen LogP contribution in [0.4, 0.5) is 13.6 Å². The molecular weight excluding hydrogens is 270 g/mol. The number of aryl methyl sites for hydroxylation is 1.